The fourth-order valence-corrected chi connectivity index (χ4v) is 1.45. The van der Waals surface area contributed by atoms with E-state index >= 15 is 0 Å². The Morgan fingerprint density at radius 3 is 2.32 bits per heavy atom. The zero-order valence-corrected chi connectivity index (χ0v) is 10.6. The molecule has 0 atom stereocenters. The van der Waals surface area contributed by atoms with Crippen LogP contribution in [-0.2, 0) is 0 Å². The maximum absolute atomic E-state index is 12.0. The molecule has 0 fully saturated rings. The van der Waals surface area contributed by atoms with E-state index in [9.17, 15) is 4.79 Å². The second-order valence-corrected chi connectivity index (χ2v) is 4.20. The molecule has 0 bridgehead atoms. The standard InChI is InChI=1S/C12H18N2O5/c1-19-10-3-8(2-9(13)4-10)11(18)14-12(5-15,6-16)7-17/h2-4,15-17H,5-7,13H2,1H3,(H,14,18). The van der Waals surface area contributed by atoms with Gasteiger partial charge in [-0.1, -0.05) is 0 Å². The maximum atomic E-state index is 12.0. The first kappa shape index (κ1) is 15.2. The first-order valence-electron chi connectivity index (χ1n) is 5.60. The Kier molecular flexibility index (Phi) is 5.11. The average Bonchev–Trinajstić information content (AvgIpc) is 2.44. The largest absolute Gasteiger partial charge is 0.497 e. The number of aliphatic hydroxyl groups is 3. The molecule has 19 heavy (non-hydrogen) atoms. The van der Waals surface area contributed by atoms with Crippen LogP contribution in [-0.4, -0.2) is 53.7 Å². The fraction of sp³-hybridized carbons (Fsp3) is 0.417. The van der Waals surface area contributed by atoms with Crippen molar-refractivity contribution in [3.63, 3.8) is 0 Å². The van der Waals surface area contributed by atoms with E-state index in [1.54, 1.807) is 6.07 Å². The van der Waals surface area contributed by atoms with Gasteiger partial charge in [-0.25, -0.2) is 0 Å². The number of methoxy groups -OCH3 is 1. The van der Waals surface area contributed by atoms with Crippen LogP contribution in [0.15, 0.2) is 18.2 Å². The molecule has 0 aliphatic rings. The summed E-state index contributed by atoms with van der Waals surface area (Å²) in [6.07, 6.45) is 0. The van der Waals surface area contributed by atoms with Crippen LogP contribution in [0.25, 0.3) is 0 Å². The smallest absolute Gasteiger partial charge is 0.252 e. The van der Waals surface area contributed by atoms with Crippen molar-refractivity contribution in [3.05, 3.63) is 23.8 Å². The zero-order valence-electron chi connectivity index (χ0n) is 10.6. The Balaban J connectivity index is 2.97. The Labute approximate surface area is 110 Å². The molecule has 7 heteroatoms. The number of ether oxygens (including phenoxy) is 1. The van der Waals surface area contributed by atoms with Crippen molar-refractivity contribution in [1.29, 1.82) is 0 Å². The molecule has 0 radical (unpaired) electrons. The van der Waals surface area contributed by atoms with E-state index in [0.29, 0.717) is 11.4 Å². The molecule has 1 amide bonds. The van der Waals surface area contributed by atoms with Gasteiger partial charge in [0.05, 0.1) is 26.9 Å². The predicted molar refractivity (Wildman–Crippen MR) is 68.9 cm³/mol. The highest BCUT2D eigenvalue weighted by Crippen LogP contribution is 2.19. The van der Waals surface area contributed by atoms with Gasteiger partial charge in [-0.15, -0.1) is 0 Å². The van der Waals surface area contributed by atoms with E-state index in [4.69, 9.17) is 25.8 Å². The summed E-state index contributed by atoms with van der Waals surface area (Å²) in [5.74, 6) is -0.171. The minimum absolute atomic E-state index is 0.205. The van der Waals surface area contributed by atoms with Gasteiger partial charge in [0.1, 0.15) is 11.3 Å². The van der Waals surface area contributed by atoms with E-state index in [1.807, 2.05) is 0 Å². The van der Waals surface area contributed by atoms with Crippen LogP contribution in [0.2, 0.25) is 0 Å². The molecule has 1 aromatic rings. The van der Waals surface area contributed by atoms with Crippen molar-refractivity contribution in [2.45, 2.75) is 5.54 Å². The highest BCUT2D eigenvalue weighted by Gasteiger charge is 2.30. The lowest BCUT2D eigenvalue weighted by Crippen LogP contribution is -2.57. The average molecular weight is 270 g/mol. The van der Waals surface area contributed by atoms with Crippen molar-refractivity contribution in [1.82, 2.24) is 5.32 Å². The third kappa shape index (κ3) is 3.57. The number of aliphatic hydroxyl groups excluding tert-OH is 3. The van der Waals surface area contributed by atoms with Crippen LogP contribution in [0, 0.1) is 0 Å². The number of hydrogen-bond donors (Lipinski definition) is 5. The maximum Gasteiger partial charge on any atom is 0.252 e. The normalized spacial score (nSPS) is 11.2. The van der Waals surface area contributed by atoms with Gasteiger partial charge in [-0.3, -0.25) is 4.79 Å². The summed E-state index contributed by atoms with van der Waals surface area (Å²) < 4.78 is 4.99. The van der Waals surface area contributed by atoms with Crippen molar-refractivity contribution >= 4 is 11.6 Å². The first-order valence-corrected chi connectivity index (χ1v) is 5.60. The van der Waals surface area contributed by atoms with E-state index in [1.165, 1.54) is 19.2 Å². The molecular weight excluding hydrogens is 252 g/mol. The SMILES string of the molecule is COc1cc(N)cc(C(=O)NC(CO)(CO)CO)c1. The summed E-state index contributed by atoms with van der Waals surface area (Å²) in [7, 11) is 1.44. The lowest BCUT2D eigenvalue weighted by molar-refractivity contribution is 0.0375. The highest BCUT2D eigenvalue weighted by atomic mass is 16.5. The van der Waals surface area contributed by atoms with Crippen molar-refractivity contribution in [2.75, 3.05) is 32.7 Å². The number of benzene rings is 1. The van der Waals surface area contributed by atoms with Crippen molar-refractivity contribution < 1.29 is 24.9 Å². The highest BCUT2D eigenvalue weighted by molar-refractivity contribution is 5.96. The number of rotatable bonds is 6. The fourth-order valence-electron chi connectivity index (χ4n) is 1.45. The van der Waals surface area contributed by atoms with Gasteiger partial charge in [0, 0.05) is 17.3 Å². The summed E-state index contributed by atoms with van der Waals surface area (Å²) >= 11 is 0. The summed E-state index contributed by atoms with van der Waals surface area (Å²) in [5, 5.41) is 29.8. The summed E-state index contributed by atoms with van der Waals surface area (Å²) in [5.41, 5.74) is 4.69. The molecule has 106 valence electrons. The van der Waals surface area contributed by atoms with Crippen LogP contribution in [0.5, 0.6) is 5.75 Å². The zero-order chi connectivity index (χ0) is 14.5. The Morgan fingerprint density at radius 1 is 1.26 bits per heavy atom. The van der Waals surface area contributed by atoms with Crippen LogP contribution in [0.1, 0.15) is 10.4 Å². The third-order valence-corrected chi connectivity index (χ3v) is 2.71. The van der Waals surface area contributed by atoms with Gasteiger partial charge in [0.25, 0.3) is 5.91 Å². The second-order valence-electron chi connectivity index (χ2n) is 4.20. The second kappa shape index (κ2) is 6.37. The van der Waals surface area contributed by atoms with Gasteiger partial charge >= 0.3 is 0 Å². The van der Waals surface area contributed by atoms with Gasteiger partial charge in [0.2, 0.25) is 0 Å². The Hall–Kier alpha value is -1.83. The Morgan fingerprint density at radius 2 is 1.84 bits per heavy atom. The van der Waals surface area contributed by atoms with Crippen LogP contribution in [0.3, 0.4) is 0 Å². The van der Waals surface area contributed by atoms with Gasteiger partial charge in [0.15, 0.2) is 0 Å². The number of nitrogens with two attached hydrogens (primary N) is 1. The number of nitrogens with one attached hydrogen (secondary N) is 1. The van der Waals surface area contributed by atoms with Crippen LogP contribution < -0.4 is 15.8 Å². The van der Waals surface area contributed by atoms with E-state index in [-0.39, 0.29) is 5.56 Å². The number of anilines is 1. The molecule has 0 heterocycles. The van der Waals surface area contributed by atoms with E-state index < -0.39 is 31.3 Å². The molecule has 0 aromatic heterocycles. The number of hydrogen-bond acceptors (Lipinski definition) is 6. The summed E-state index contributed by atoms with van der Waals surface area (Å²) in [6, 6.07) is 4.44. The predicted octanol–water partition coefficient (Wildman–Crippen LogP) is -1.28. The van der Waals surface area contributed by atoms with E-state index in [0.717, 1.165) is 0 Å². The molecular formula is C12H18N2O5. The molecule has 0 saturated carbocycles. The molecule has 0 aliphatic heterocycles. The number of carbonyl (C=O) groups is 1. The van der Waals surface area contributed by atoms with Crippen LogP contribution >= 0.6 is 0 Å². The molecule has 6 N–H and O–H groups in total. The molecule has 1 rings (SSSR count). The number of amides is 1. The number of nitrogen functional groups attached to an aromatic ring is 1. The Bertz CT molecular complexity index is 437. The molecule has 0 spiro atoms. The van der Waals surface area contributed by atoms with Crippen molar-refractivity contribution in [2.24, 2.45) is 0 Å². The lowest BCUT2D eigenvalue weighted by atomic mass is 10.0. The first-order chi connectivity index (χ1) is 9.00. The minimum atomic E-state index is -1.48. The number of carbonyl (C=O) groups excluding carboxylic acids is 1. The molecule has 7 nitrogen and oxygen atoms in total. The van der Waals surface area contributed by atoms with Gasteiger partial charge < -0.3 is 31.1 Å². The van der Waals surface area contributed by atoms with Gasteiger partial charge in [-0.05, 0) is 12.1 Å². The molecule has 0 unspecified atom stereocenters. The quantitative estimate of drug-likeness (QED) is 0.410. The monoisotopic (exact) mass is 270 g/mol. The van der Waals surface area contributed by atoms with Crippen molar-refractivity contribution in [3.8, 4) is 5.75 Å². The van der Waals surface area contributed by atoms with Gasteiger partial charge in [-0.2, -0.15) is 0 Å². The topological polar surface area (TPSA) is 125 Å². The summed E-state index contributed by atoms with van der Waals surface area (Å²) in [4.78, 5) is 12.0. The lowest BCUT2D eigenvalue weighted by Gasteiger charge is -2.28. The molecule has 0 aliphatic carbocycles. The van der Waals surface area contributed by atoms with E-state index in [2.05, 4.69) is 5.32 Å². The molecule has 0 saturated heterocycles. The molecule has 1 aromatic carbocycles. The summed E-state index contributed by atoms with van der Waals surface area (Å²) in [6.45, 7) is -1.78. The minimum Gasteiger partial charge on any atom is -0.497 e. The third-order valence-electron chi connectivity index (χ3n) is 2.71. The van der Waals surface area contributed by atoms with Crippen LogP contribution in [0.4, 0.5) is 5.69 Å².